The summed E-state index contributed by atoms with van der Waals surface area (Å²) >= 11 is 0. The summed E-state index contributed by atoms with van der Waals surface area (Å²) in [5.74, 6) is -2.60. The van der Waals surface area contributed by atoms with Crippen molar-refractivity contribution in [2.75, 3.05) is 0 Å². The van der Waals surface area contributed by atoms with Crippen LogP contribution < -0.4 is 4.72 Å². The number of benzene rings is 1. The Balaban J connectivity index is 2.88. The maximum atomic E-state index is 12.0. The Hall–Kier alpha value is -1.93. The van der Waals surface area contributed by atoms with Gasteiger partial charge in [-0.25, -0.2) is 8.42 Å². The zero-order valence-corrected chi connectivity index (χ0v) is 11.6. The molecule has 0 spiro atoms. The Kier molecular flexibility index (Phi) is 5.23. The first-order chi connectivity index (χ1) is 9.22. The van der Waals surface area contributed by atoms with Crippen molar-refractivity contribution in [3.05, 3.63) is 29.8 Å². The molecule has 1 rings (SSSR count). The lowest BCUT2D eigenvalue weighted by Crippen LogP contribution is -2.41. The minimum atomic E-state index is -3.99. The molecule has 20 heavy (non-hydrogen) atoms. The first-order valence-corrected chi connectivity index (χ1v) is 7.24. The Labute approximate surface area is 116 Å². The fourth-order valence-electron chi connectivity index (χ4n) is 1.47. The summed E-state index contributed by atoms with van der Waals surface area (Å²) in [5, 5.41) is 17.4. The number of hydrogen-bond donors (Lipinski definition) is 3. The molecule has 1 aromatic carbocycles. The van der Waals surface area contributed by atoms with E-state index in [1.165, 1.54) is 12.1 Å². The van der Waals surface area contributed by atoms with Gasteiger partial charge in [-0.15, -0.1) is 0 Å². The van der Waals surface area contributed by atoms with Crippen LogP contribution in [0.25, 0.3) is 0 Å². The lowest BCUT2D eigenvalue weighted by Gasteiger charge is -2.14. The molecule has 3 N–H and O–H groups in total. The molecule has 110 valence electrons. The van der Waals surface area contributed by atoms with Gasteiger partial charge in [-0.1, -0.05) is 17.7 Å². The van der Waals surface area contributed by atoms with Gasteiger partial charge in [-0.05, 0) is 25.5 Å². The van der Waals surface area contributed by atoms with Crippen molar-refractivity contribution in [2.24, 2.45) is 0 Å². The standard InChI is InChI=1S/C12H15NO6S/c1-8-2-4-9(5-3-8)20(18,19)13-10(12(16)17)6-7-11(14)15/h2-5,10,13H,6-7H2,1H3,(H,14,15)(H,16,17)/t10-/m0/s1. The van der Waals surface area contributed by atoms with Crippen LogP contribution in [0.1, 0.15) is 18.4 Å². The highest BCUT2D eigenvalue weighted by molar-refractivity contribution is 7.89. The van der Waals surface area contributed by atoms with Gasteiger partial charge in [0.2, 0.25) is 10.0 Å². The molecule has 8 heteroatoms. The molecule has 7 nitrogen and oxygen atoms in total. The van der Waals surface area contributed by atoms with E-state index in [0.29, 0.717) is 0 Å². The second-order valence-corrected chi connectivity index (χ2v) is 5.97. The number of aryl methyl sites for hydroxylation is 1. The maximum Gasteiger partial charge on any atom is 0.321 e. The summed E-state index contributed by atoms with van der Waals surface area (Å²) in [6, 6.07) is 4.41. The van der Waals surface area contributed by atoms with Crippen LogP contribution in [0, 0.1) is 6.92 Å². The molecule has 0 fully saturated rings. The zero-order chi connectivity index (χ0) is 15.3. The van der Waals surface area contributed by atoms with Crippen LogP contribution in [0.2, 0.25) is 0 Å². The number of carboxylic acid groups (broad SMARTS) is 2. The summed E-state index contributed by atoms with van der Waals surface area (Å²) in [7, 11) is -3.99. The second kappa shape index (κ2) is 6.49. The lowest BCUT2D eigenvalue weighted by atomic mass is 10.2. The molecule has 0 aliphatic carbocycles. The fraction of sp³-hybridized carbons (Fsp3) is 0.333. The van der Waals surface area contributed by atoms with Crippen molar-refractivity contribution >= 4 is 22.0 Å². The van der Waals surface area contributed by atoms with E-state index in [-0.39, 0.29) is 11.3 Å². The number of carboxylic acids is 2. The number of rotatable bonds is 7. The Morgan fingerprint density at radius 2 is 1.75 bits per heavy atom. The Morgan fingerprint density at radius 3 is 2.20 bits per heavy atom. The van der Waals surface area contributed by atoms with Crippen LogP contribution in [0.5, 0.6) is 0 Å². The average Bonchev–Trinajstić information content (AvgIpc) is 2.34. The van der Waals surface area contributed by atoms with Crippen molar-refractivity contribution in [1.82, 2.24) is 4.72 Å². The van der Waals surface area contributed by atoms with E-state index in [1.54, 1.807) is 19.1 Å². The van der Waals surface area contributed by atoms with Gasteiger partial charge in [0.05, 0.1) is 4.90 Å². The second-order valence-electron chi connectivity index (χ2n) is 4.26. The van der Waals surface area contributed by atoms with E-state index in [9.17, 15) is 18.0 Å². The number of carbonyl (C=O) groups is 2. The molecule has 0 aliphatic heterocycles. The van der Waals surface area contributed by atoms with E-state index >= 15 is 0 Å². The van der Waals surface area contributed by atoms with Crippen LogP contribution >= 0.6 is 0 Å². The molecule has 0 radical (unpaired) electrons. The van der Waals surface area contributed by atoms with Crippen LogP contribution in [0.15, 0.2) is 29.2 Å². The molecular formula is C12H15NO6S. The van der Waals surface area contributed by atoms with Gasteiger partial charge in [-0.2, -0.15) is 4.72 Å². The van der Waals surface area contributed by atoms with Gasteiger partial charge in [-0.3, -0.25) is 9.59 Å². The third-order valence-electron chi connectivity index (χ3n) is 2.57. The molecule has 0 aliphatic rings. The third kappa shape index (κ3) is 4.63. The van der Waals surface area contributed by atoms with Crippen molar-refractivity contribution in [3.8, 4) is 0 Å². The van der Waals surface area contributed by atoms with E-state index in [4.69, 9.17) is 10.2 Å². The summed E-state index contributed by atoms with van der Waals surface area (Å²) < 4.78 is 26.0. The minimum Gasteiger partial charge on any atom is -0.481 e. The highest BCUT2D eigenvalue weighted by atomic mass is 32.2. The highest BCUT2D eigenvalue weighted by Crippen LogP contribution is 2.12. The first-order valence-electron chi connectivity index (χ1n) is 5.76. The van der Waals surface area contributed by atoms with E-state index in [2.05, 4.69) is 0 Å². The normalized spacial score (nSPS) is 12.8. The predicted molar refractivity (Wildman–Crippen MR) is 69.8 cm³/mol. The molecule has 0 saturated carbocycles. The number of hydrogen-bond acceptors (Lipinski definition) is 4. The molecule has 0 bridgehead atoms. The molecule has 0 unspecified atom stereocenters. The van der Waals surface area contributed by atoms with E-state index in [0.717, 1.165) is 5.56 Å². The van der Waals surface area contributed by atoms with Gasteiger partial charge >= 0.3 is 11.9 Å². The van der Waals surface area contributed by atoms with Crippen molar-refractivity contribution in [1.29, 1.82) is 0 Å². The van der Waals surface area contributed by atoms with Crippen LogP contribution in [-0.4, -0.2) is 36.6 Å². The maximum absolute atomic E-state index is 12.0. The topological polar surface area (TPSA) is 121 Å². The Morgan fingerprint density at radius 1 is 1.20 bits per heavy atom. The summed E-state index contributed by atoms with van der Waals surface area (Å²) in [5.41, 5.74) is 0.865. The quantitative estimate of drug-likeness (QED) is 0.678. The van der Waals surface area contributed by atoms with Crippen LogP contribution in [0.3, 0.4) is 0 Å². The summed E-state index contributed by atoms with van der Waals surface area (Å²) in [6.45, 7) is 1.79. The number of nitrogens with one attached hydrogen (secondary N) is 1. The van der Waals surface area contributed by atoms with E-state index < -0.39 is 34.4 Å². The average molecular weight is 301 g/mol. The molecule has 1 atom stereocenters. The van der Waals surface area contributed by atoms with Gasteiger partial charge < -0.3 is 10.2 Å². The SMILES string of the molecule is Cc1ccc(S(=O)(=O)N[C@@H](CCC(=O)O)C(=O)O)cc1. The van der Waals surface area contributed by atoms with Crippen molar-refractivity contribution in [2.45, 2.75) is 30.7 Å². The van der Waals surface area contributed by atoms with Crippen molar-refractivity contribution < 1.29 is 28.2 Å². The fourth-order valence-corrected chi connectivity index (χ4v) is 2.70. The molecule has 0 saturated heterocycles. The third-order valence-corrected chi connectivity index (χ3v) is 4.06. The van der Waals surface area contributed by atoms with Crippen LogP contribution in [0.4, 0.5) is 0 Å². The number of sulfonamides is 1. The van der Waals surface area contributed by atoms with Gasteiger partial charge in [0.25, 0.3) is 0 Å². The molecule has 0 heterocycles. The minimum absolute atomic E-state index is 0.0651. The first kappa shape index (κ1) is 16.1. The number of aliphatic carboxylic acids is 2. The molecule has 0 amide bonds. The molecule has 0 aromatic heterocycles. The monoisotopic (exact) mass is 301 g/mol. The highest BCUT2D eigenvalue weighted by Gasteiger charge is 2.25. The van der Waals surface area contributed by atoms with Gasteiger partial charge in [0.15, 0.2) is 0 Å². The molecular weight excluding hydrogens is 286 g/mol. The lowest BCUT2D eigenvalue weighted by molar-refractivity contribution is -0.140. The predicted octanol–water partition coefficient (Wildman–Crippen LogP) is 0.591. The van der Waals surface area contributed by atoms with Crippen LogP contribution in [-0.2, 0) is 19.6 Å². The van der Waals surface area contributed by atoms with Crippen molar-refractivity contribution in [3.63, 3.8) is 0 Å². The summed E-state index contributed by atoms with van der Waals surface area (Å²) in [4.78, 5) is 21.3. The summed E-state index contributed by atoms with van der Waals surface area (Å²) in [6.07, 6.45) is -0.761. The molecule has 1 aromatic rings. The van der Waals surface area contributed by atoms with Gasteiger partial charge in [0, 0.05) is 6.42 Å². The zero-order valence-electron chi connectivity index (χ0n) is 10.7. The Bertz CT molecular complexity index is 593. The smallest absolute Gasteiger partial charge is 0.321 e. The van der Waals surface area contributed by atoms with E-state index in [1.807, 2.05) is 4.72 Å². The van der Waals surface area contributed by atoms with Gasteiger partial charge in [0.1, 0.15) is 6.04 Å². The largest absolute Gasteiger partial charge is 0.481 e.